The van der Waals surface area contributed by atoms with Crippen LogP contribution in [0.2, 0.25) is 5.02 Å². The molecule has 160 valence electrons. The molecule has 0 aliphatic rings. The summed E-state index contributed by atoms with van der Waals surface area (Å²) in [5, 5.41) is 6.30. The van der Waals surface area contributed by atoms with E-state index in [2.05, 4.69) is 10.6 Å². The molecule has 0 bridgehead atoms. The van der Waals surface area contributed by atoms with Crippen molar-refractivity contribution >= 4 is 51.3 Å². The molecule has 0 saturated heterocycles. The van der Waals surface area contributed by atoms with Gasteiger partial charge in [-0.15, -0.1) is 11.3 Å². The van der Waals surface area contributed by atoms with E-state index in [1.807, 2.05) is 0 Å². The summed E-state index contributed by atoms with van der Waals surface area (Å²) in [5.41, 5.74) is 1.37. The number of likely N-dealkylation sites (N-methyl/N-ethyl adjacent to an activating group) is 1. The van der Waals surface area contributed by atoms with Crippen LogP contribution in [0.3, 0.4) is 0 Å². The molecule has 9 heteroatoms. The third kappa shape index (κ3) is 5.90. The van der Waals surface area contributed by atoms with Gasteiger partial charge in [0.1, 0.15) is 5.82 Å². The number of anilines is 2. The highest BCUT2D eigenvalue weighted by Gasteiger charge is 2.20. The average Bonchev–Trinajstić information content (AvgIpc) is 3.07. The van der Waals surface area contributed by atoms with Crippen molar-refractivity contribution in [3.05, 3.63) is 81.4 Å². The lowest BCUT2D eigenvalue weighted by Crippen LogP contribution is -2.34. The summed E-state index contributed by atoms with van der Waals surface area (Å²) < 4.78 is 13.3. The molecule has 2 N–H and O–H groups in total. The van der Waals surface area contributed by atoms with Crippen molar-refractivity contribution in [2.45, 2.75) is 6.92 Å². The number of aryl methyl sites for hydroxylation is 1. The first-order chi connectivity index (χ1) is 14.7. The van der Waals surface area contributed by atoms with Crippen molar-refractivity contribution in [2.24, 2.45) is 0 Å². The minimum absolute atomic E-state index is 0.159. The lowest BCUT2D eigenvalue weighted by molar-refractivity contribution is -0.116. The van der Waals surface area contributed by atoms with Gasteiger partial charge in [-0.25, -0.2) is 4.39 Å². The lowest BCUT2D eigenvalue weighted by atomic mass is 10.2. The summed E-state index contributed by atoms with van der Waals surface area (Å²) in [5.74, 6) is -1.71. The zero-order valence-corrected chi connectivity index (χ0v) is 18.3. The minimum Gasteiger partial charge on any atom is -0.332 e. The van der Waals surface area contributed by atoms with Crippen LogP contribution in [0.5, 0.6) is 0 Å². The van der Waals surface area contributed by atoms with E-state index in [4.69, 9.17) is 11.6 Å². The summed E-state index contributed by atoms with van der Waals surface area (Å²) in [6.45, 7) is 1.58. The summed E-state index contributed by atoms with van der Waals surface area (Å²) in [6.07, 6.45) is 0. The monoisotopic (exact) mass is 459 g/mol. The second kappa shape index (κ2) is 9.72. The molecule has 1 heterocycles. The molecule has 6 nitrogen and oxygen atoms in total. The Labute approximate surface area is 187 Å². The topological polar surface area (TPSA) is 78.5 Å². The van der Waals surface area contributed by atoms with Crippen molar-refractivity contribution in [3.8, 4) is 0 Å². The normalized spacial score (nSPS) is 10.5. The van der Waals surface area contributed by atoms with Crippen molar-refractivity contribution in [1.82, 2.24) is 4.90 Å². The lowest BCUT2D eigenvalue weighted by Gasteiger charge is -2.16. The van der Waals surface area contributed by atoms with Gasteiger partial charge in [-0.1, -0.05) is 23.7 Å². The summed E-state index contributed by atoms with van der Waals surface area (Å²) >= 11 is 6.99. The first-order valence-corrected chi connectivity index (χ1v) is 10.4. The molecule has 0 spiro atoms. The van der Waals surface area contributed by atoms with Gasteiger partial charge in [0.2, 0.25) is 5.91 Å². The van der Waals surface area contributed by atoms with Crippen molar-refractivity contribution < 1.29 is 18.8 Å². The fourth-order valence-electron chi connectivity index (χ4n) is 2.80. The fourth-order valence-corrected chi connectivity index (χ4v) is 4.05. The Bertz CT molecular complexity index is 1150. The maximum atomic E-state index is 13.3. The molecular weight excluding hydrogens is 441 g/mol. The number of nitrogens with zero attached hydrogens (tertiary/aromatic N) is 1. The van der Waals surface area contributed by atoms with Crippen molar-refractivity contribution in [2.75, 3.05) is 24.2 Å². The molecule has 3 rings (SSSR count). The van der Waals surface area contributed by atoms with Gasteiger partial charge in [0.05, 0.1) is 16.4 Å². The Kier molecular flexibility index (Phi) is 7.04. The third-order valence-electron chi connectivity index (χ3n) is 4.27. The van der Waals surface area contributed by atoms with Crippen LogP contribution < -0.4 is 10.6 Å². The zero-order valence-electron chi connectivity index (χ0n) is 16.7. The molecule has 0 atom stereocenters. The molecule has 31 heavy (non-hydrogen) atoms. The van der Waals surface area contributed by atoms with Crippen LogP contribution >= 0.6 is 22.9 Å². The molecule has 0 fully saturated rings. The van der Waals surface area contributed by atoms with Crippen LogP contribution in [0.1, 0.15) is 25.6 Å². The molecule has 3 amide bonds. The van der Waals surface area contributed by atoms with E-state index >= 15 is 0 Å². The molecule has 1 aromatic heterocycles. The van der Waals surface area contributed by atoms with Gasteiger partial charge in [-0.3, -0.25) is 14.4 Å². The van der Waals surface area contributed by atoms with Gasteiger partial charge in [0.25, 0.3) is 11.8 Å². The van der Waals surface area contributed by atoms with Gasteiger partial charge >= 0.3 is 0 Å². The number of carbonyl (C=O) groups is 3. The summed E-state index contributed by atoms with van der Waals surface area (Å²) in [6, 6.07) is 13.7. The molecular formula is C22H19ClFN3O3S. The number of rotatable bonds is 6. The molecule has 0 unspecified atom stereocenters. The highest BCUT2D eigenvalue weighted by Crippen LogP contribution is 2.28. The summed E-state index contributed by atoms with van der Waals surface area (Å²) in [7, 11) is 1.52. The van der Waals surface area contributed by atoms with Crippen LogP contribution in [0.15, 0.2) is 54.6 Å². The van der Waals surface area contributed by atoms with E-state index < -0.39 is 11.7 Å². The van der Waals surface area contributed by atoms with E-state index in [1.165, 1.54) is 30.1 Å². The molecule has 2 aromatic carbocycles. The number of hydrogen-bond acceptors (Lipinski definition) is 4. The molecule has 3 aromatic rings. The Morgan fingerprint density at radius 3 is 2.52 bits per heavy atom. The van der Waals surface area contributed by atoms with Gasteiger partial charge in [0.15, 0.2) is 0 Å². The Hall–Kier alpha value is -3.23. The predicted molar refractivity (Wildman–Crippen MR) is 120 cm³/mol. The second-order valence-electron chi connectivity index (χ2n) is 6.81. The van der Waals surface area contributed by atoms with Gasteiger partial charge in [0, 0.05) is 23.3 Å². The highest BCUT2D eigenvalue weighted by atomic mass is 35.5. The Morgan fingerprint density at radius 2 is 1.81 bits per heavy atom. The molecule has 0 radical (unpaired) electrons. The summed E-state index contributed by atoms with van der Waals surface area (Å²) in [4.78, 5) is 39.0. The number of carbonyl (C=O) groups excluding carboxylic acids is 3. The number of hydrogen-bond donors (Lipinski definition) is 2. The predicted octanol–water partition coefficient (Wildman–Crippen LogP) is 4.81. The van der Waals surface area contributed by atoms with Crippen LogP contribution in [0.25, 0.3) is 0 Å². The Morgan fingerprint density at radius 1 is 1.06 bits per heavy atom. The minimum atomic E-state index is -0.511. The largest absolute Gasteiger partial charge is 0.332 e. The number of nitrogens with one attached hydrogen (secondary N) is 2. The standard InChI is InChI=1S/C22H19ClFN3O3S/c1-13-9-19(26-21(29)14-5-3-7-16(24)10-14)31-20(13)22(30)27(2)12-18(28)25-17-8-4-6-15(23)11-17/h3-11H,12H2,1-2H3,(H,25,28)(H,26,29). The smallest absolute Gasteiger partial charge is 0.264 e. The molecule has 0 saturated carbocycles. The maximum Gasteiger partial charge on any atom is 0.264 e. The quantitative estimate of drug-likeness (QED) is 0.555. The first-order valence-electron chi connectivity index (χ1n) is 9.21. The van der Waals surface area contributed by atoms with E-state index in [0.717, 1.165) is 17.4 Å². The van der Waals surface area contributed by atoms with E-state index in [1.54, 1.807) is 37.3 Å². The number of amides is 3. The van der Waals surface area contributed by atoms with E-state index in [9.17, 15) is 18.8 Å². The van der Waals surface area contributed by atoms with Crippen LogP contribution in [-0.2, 0) is 4.79 Å². The SMILES string of the molecule is Cc1cc(NC(=O)c2cccc(F)c2)sc1C(=O)N(C)CC(=O)Nc1cccc(Cl)c1. The van der Waals surface area contributed by atoms with Crippen molar-refractivity contribution in [1.29, 1.82) is 0 Å². The number of thiophene rings is 1. The third-order valence-corrected chi connectivity index (χ3v) is 5.65. The van der Waals surface area contributed by atoms with Crippen LogP contribution in [0, 0.1) is 12.7 Å². The fraction of sp³-hybridized carbons (Fsp3) is 0.136. The van der Waals surface area contributed by atoms with E-state index in [-0.39, 0.29) is 23.9 Å². The zero-order chi connectivity index (χ0) is 22.5. The molecule has 0 aliphatic heterocycles. The van der Waals surface area contributed by atoms with Gasteiger partial charge in [-0.2, -0.15) is 0 Å². The second-order valence-corrected chi connectivity index (χ2v) is 8.30. The van der Waals surface area contributed by atoms with Gasteiger partial charge in [-0.05, 0) is 55.0 Å². The van der Waals surface area contributed by atoms with Crippen LogP contribution in [-0.4, -0.2) is 36.2 Å². The number of halogens is 2. The van der Waals surface area contributed by atoms with Crippen LogP contribution in [0.4, 0.5) is 15.1 Å². The number of benzene rings is 2. The first kappa shape index (κ1) is 22.5. The highest BCUT2D eigenvalue weighted by molar-refractivity contribution is 7.18. The molecule has 0 aliphatic carbocycles. The maximum absolute atomic E-state index is 13.3. The Balaban J connectivity index is 1.64. The van der Waals surface area contributed by atoms with E-state index in [0.29, 0.717) is 26.2 Å². The average molecular weight is 460 g/mol. The van der Waals surface area contributed by atoms with Gasteiger partial charge < -0.3 is 15.5 Å². The van der Waals surface area contributed by atoms with Crippen molar-refractivity contribution in [3.63, 3.8) is 0 Å².